The Morgan fingerprint density at radius 1 is 1.08 bits per heavy atom. The van der Waals surface area contributed by atoms with E-state index in [0.29, 0.717) is 16.9 Å². The summed E-state index contributed by atoms with van der Waals surface area (Å²) in [4.78, 5) is 38.3. The molecule has 1 atom stereocenters. The molecular formula is C20H19NO5. The summed E-state index contributed by atoms with van der Waals surface area (Å²) in [7, 11) is 1.54. The highest BCUT2D eigenvalue weighted by Gasteiger charge is 2.41. The van der Waals surface area contributed by atoms with Gasteiger partial charge < -0.3 is 9.47 Å². The van der Waals surface area contributed by atoms with Gasteiger partial charge in [-0.05, 0) is 38.1 Å². The number of amides is 2. The van der Waals surface area contributed by atoms with E-state index in [1.165, 1.54) is 14.0 Å². The minimum atomic E-state index is -1.02. The number of rotatable bonds is 5. The Kier molecular flexibility index (Phi) is 4.75. The summed E-state index contributed by atoms with van der Waals surface area (Å²) >= 11 is 0. The second kappa shape index (κ2) is 7.00. The largest absolute Gasteiger partial charge is 0.496 e. The monoisotopic (exact) mass is 353 g/mol. The van der Waals surface area contributed by atoms with Crippen molar-refractivity contribution in [1.29, 1.82) is 0 Å². The summed E-state index contributed by atoms with van der Waals surface area (Å²) < 4.78 is 10.6. The molecule has 0 bridgehead atoms. The SMILES string of the molecule is COc1ccc(C)cc1COC(=O)[C@@H](C)N1C(=O)c2ccccc2C1=O. The number of esters is 1. The molecule has 0 N–H and O–H groups in total. The van der Waals surface area contributed by atoms with Crippen molar-refractivity contribution >= 4 is 17.8 Å². The molecule has 0 unspecified atom stereocenters. The molecule has 6 nitrogen and oxygen atoms in total. The van der Waals surface area contributed by atoms with Crippen LogP contribution in [0.1, 0.15) is 38.8 Å². The number of carbonyl (C=O) groups excluding carboxylic acids is 3. The van der Waals surface area contributed by atoms with Crippen molar-refractivity contribution in [2.75, 3.05) is 7.11 Å². The van der Waals surface area contributed by atoms with Crippen molar-refractivity contribution in [3.05, 3.63) is 64.7 Å². The molecule has 0 fully saturated rings. The van der Waals surface area contributed by atoms with E-state index < -0.39 is 23.8 Å². The maximum absolute atomic E-state index is 12.4. The van der Waals surface area contributed by atoms with E-state index in [-0.39, 0.29) is 6.61 Å². The number of nitrogens with zero attached hydrogens (tertiary/aromatic N) is 1. The highest BCUT2D eigenvalue weighted by molar-refractivity contribution is 6.22. The van der Waals surface area contributed by atoms with Crippen molar-refractivity contribution in [2.45, 2.75) is 26.5 Å². The molecule has 1 heterocycles. The van der Waals surface area contributed by atoms with Gasteiger partial charge in [-0.3, -0.25) is 14.5 Å². The quantitative estimate of drug-likeness (QED) is 0.610. The lowest BCUT2D eigenvalue weighted by Gasteiger charge is -2.21. The third-order valence-corrected chi connectivity index (χ3v) is 4.36. The average Bonchev–Trinajstić information content (AvgIpc) is 2.90. The Bertz CT molecular complexity index is 855. The lowest BCUT2D eigenvalue weighted by atomic mass is 10.1. The van der Waals surface area contributed by atoms with Gasteiger partial charge in [-0.15, -0.1) is 0 Å². The number of benzene rings is 2. The molecule has 1 aliphatic rings. The van der Waals surface area contributed by atoms with Gasteiger partial charge in [0.1, 0.15) is 18.4 Å². The Morgan fingerprint density at radius 2 is 1.69 bits per heavy atom. The number of hydrogen-bond acceptors (Lipinski definition) is 5. The molecule has 0 saturated heterocycles. The first-order chi connectivity index (χ1) is 12.4. The minimum Gasteiger partial charge on any atom is -0.496 e. The molecule has 2 amide bonds. The van der Waals surface area contributed by atoms with Gasteiger partial charge in [-0.25, -0.2) is 4.79 Å². The molecule has 134 valence electrons. The van der Waals surface area contributed by atoms with E-state index in [2.05, 4.69) is 0 Å². The van der Waals surface area contributed by atoms with Crippen LogP contribution >= 0.6 is 0 Å². The zero-order valence-electron chi connectivity index (χ0n) is 14.8. The number of fused-ring (bicyclic) bond motifs is 1. The van der Waals surface area contributed by atoms with Crippen molar-refractivity contribution in [1.82, 2.24) is 4.90 Å². The summed E-state index contributed by atoms with van der Waals surface area (Å²) in [5, 5.41) is 0. The Balaban J connectivity index is 1.73. The average molecular weight is 353 g/mol. The van der Waals surface area contributed by atoms with E-state index in [0.717, 1.165) is 16.0 Å². The first-order valence-corrected chi connectivity index (χ1v) is 8.21. The zero-order valence-corrected chi connectivity index (χ0v) is 14.8. The number of hydrogen-bond donors (Lipinski definition) is 0. The summed E-state index contributed by atoms with van der Waals surface area (Å²) in [6.45, 7) is 3.40. The number of imide groups is 1. The maximum Gasteiger partial charge on any atom is 0.329 e. The molecule has 3 rings (SSSR count). The van der Waals surface area contributed by atoms with Crippen LogP contribution in [-0.2, 0) is 16.1 Å². The van der Waals surface area contributed by atoms with Crippen LogP contribution in [0.5, 0.6) is 5.75 Å². The molecule has 0 radical (unpaired) electrons. The molecule has 2 aromatic carbocycles. The number of aryl methyl sites for hydroxylation is 1. The van der Waals surface area contributed by atoms with Crippen LogP contribution in [0.2, 0.25) is 0 Å². The highest BCUT2D eigenvalue weighted by Crippen LogP contribution is 2.25. The standard InChI is InChI=1S/C20H19NO5/c1-12-8-9-17(25-3)14(10-12)11-26-20(24)13(2)21-18(22)15-6-4-5-7-16(15)19(21)23/h4-10,13H,11H2,1-3H3/t13-/m1/s1. The first-order valence-electron chi connectivity index (χ1n) is 8.21. The number of methoxy groups -OCH3 is 1. The Hall–Kier alpha value is -3.15. The van der Waals surface area contributed by atoms with Crippen LogP contribution in [0.3, 0.4) is 0 Å². The topological polar surface area (TPSA) is 72.9 Å². The van der Waals surface area contributed by atoms with Gasteiger partial charge in [-0.1, -0.05) is 23.8 Å². The Labute approximate surface area is 151 Å². The van der Waals surface area contributed by atoms with E-state index in [4.69, 9.17) is 9.47 Å². The van der Waals surface area contributed by atoms with E-state index in [1.54, 1.807) is 30.3 Å². The van der Waals surface area contributed by atoms with Crippen LogP contribution in [0.25, 0.3) is 0 Å². The van der Waals surface area contributed by atoms with Crippen molar-refractivity contribution in [2.24, 2.45) is 0 Å². The van der Waals surface area contributed by atoms with Crippen LogP contribution in [0.4, 0.5) is 0 Å². The van der Waals surface area contributed by atoms with E-state index in [1.807, 2.05) is 19.1 Å². The molecule has 0 spiro atoms. The second-order valence-corrected chi connectivity index (χ2v) is 6.12. The fourth-order valence-corrected chi connectivity index (χ4v) is 2.95. The summed E-state index contributed by atoms with van der Waals surface area (Å²) in [6.07, 6.45) is 0. The summed E-state index contributed by atoms with van der Waals surface area (Å²) in [5.41, 5.74) is 2.33. The van der Waals surface area contributed by atoms with Gasteiger partial charge in [0.05, 0.1) is 18.2 Å². The van der Waals surface area contributed by atoms with Crippen molar-refractivity contribution < 1.29 is 23.9 Å². The summed E-state index contributed by atoms with van der Waals surface area (Å²) in [6, 6.07) is 11.0. The summed E-state index contributed by atoms with van der Waals surface area (Å²) in [5.74, 6) is -1.01. The smallest absolute Gasteiger partial charge is 0.329 e. The highest BCUT2D eigenvalue weighted by atomic mass is 16.5. The zero-order chi connectivity index (χ0) is 18.8. The van der Waals surface area contributed by atoms with Gasteiger partial charge in [0.25, 0.3) is 11.8 Å². The third-order valence-electron chi connectivity index (χ3n) is 4.36. The molecule has 0 aromatic heterocycles. The fourth-order valence-electron chi connectivity index (χ4n) is 2.95. The first kappa shape index (κ1) is 17.7. The fraction of sp³-hybridized carbons (Fsp3) is 0.250. The number of carbonyl (C=O) groups is 3. The van der Waals surface area contributed by atoms with Crippen LogP contribution in [-0.4, -0.2) is 35.8 Å². The molecule has 1 aliphatic heterocycles. The lowest BCUT2D eigenvalue weighted by molar-refractivity contribution is -0.149. The van der Waals surface area contributed by atoms with Gasteiger partial charge in [0, 0.05) is 5.56 Å². The van der Waals surface area contributed by atoms with Gasteiger partial charge in [-0.2, -0.15) is 0 Å². The van der Waals surface area contributed by atoms with Gasteiger partial charge in [0.2, 0.25) is 0 Å². The van der Waals surface area contributed by atoms with E-state index in [9.17, 15) is 14.4 Å². The second-order valence-electron chi connectivity index (χ2n) is 6.12. The van der Waals surface area contributed by atoms with E-state index >= 15 is 0 Å². The third kappa shape index (κ3) is 3.06. The predicted molar refractivity (Wildman–Crippen MR) is 93.9 cm³/mol. The molecular weight excluding hydrogens is 334 g/mol. The number of ether oxygens (including phenoxy) is 2. The maximum atomic E-state index is 12.4. The predicted octanol–water partition coefficient (Wildman–Crippen LogP) is 2.73. The van der Waals surface area contributed by atoms with Gasteiger partial charge in [0.15, 0.2) is 0 Å². The molecule has 0 aliphatic carbocycles. The van der Waals surface area contributed by atoms with Crippen molar-refractivity contribution in [3.8, 4) is 5.75 Å². The van der Waals surface area contributed by atoms with Crippen LogP contribution < -0.4 is 4.74 Å². The molecule has 0 saturated carbocycles. The van der Waals surface area contributed by atoms with Crippen LogP contribution in [0.15, 0.2) is 42.5 Å². The molecule has 26 heavy (non-hydrogen) atoms. The Morgan fingerprint density at radius 3 is 2.27 bits per heavy atom. The van der Waals surface area contributed by atoms with Crippen molar-refractivity contribution in [3.63, 3.8) is 0 Å². The minimum absolute atomic E-state index is 0.00278. The lowest BCUT2D eigenvalue weighted by Crippen LogP contribution is -2.43. The van der Waals surface area contributed by atoms with Crippen LogP contribution in [0, 0.1) is 6.92 Å². The normalized spacial score (nSPS) is 14.2. The van der Waals surface area contributed by atoms with Gasteiger partial charge >= 0.3 is 5.97 Å². The molecule has 6 heteroatoms. The molecule has 2 aromatic rings.